The first-order valence-electron chi connectivity index (χ1n) is 5.58. The number of hydrogen-bond acceptors (Lipinski definition) is 3. The Morgan fingerprint density at radius 1 is 1.31 bits per heavy atom. The van der Waals surface area contributed by atoms with Gasteiger partial charge in [-0.2, -0.15) is 0 Å². The molecule has 0 bridgehead atoms. The van der Waals surface area contributed by atoms with Gasteiger partial charge in [0.05, 0.1) is 6.33 Å². The van der Waals surface area contributed by atoms with E-state index < -0.39 is 0 Å². The zero-order valence-corrected chi connectivity index (χ0v) is 9.11. The monoisotopic (exact) mass is 221 g/mol. The van der Waals surface area contributed by atoms with E-state index in [1.54, 1.807) is 12.5 Å². The summed E-state index contributed by atoms with van der Waals surface area (Å²) in [6, 6.07) is 0. The van der Waals surface area contributed by atoms with Crippen LogP contribution in [0.5, 0.6) is 0 Å². The fourth-order valence-corrected chi connectivity index (χ4v) is 1.90. The van der Waals surface area contributed by atoms with Gasteiger partial charge in [0.2, 0.25) is 11.8 Å². The molecule has 16 heavy (non-hydrogen) atoms. The second kappa shape index (κ2) is 4.92. The molecule has 0 radical (unpaired) electrons. The van der Waals surface area contributed by atoms with Crippen LogP contribution in [0.3, 0.4) is 0 Å². The van der Waals surface area contributed by atoms with E-state index in [0.717, 1.165) is 18.5 Å². The summed E-state index contributed by atoms with van der Waals surface area (Å²) in [7, 11) is 0. The summed E-state index contributed by atoms with van der Waals surface area (Å²) >= 11 is 0. The molecule has 5 heteroatoms. The average molecular weight is 221 g/mol. The number of likely N-dealkylation sites (tertiary alicyclic amines) is 1. The quantitative estimate of drug-likeness (QED) is 0.767. The van der Waals surface area contributed by atoms with Crippen LogP contribution in [0.2, 0.25) is 0 Å². The van der Waals surface area contributed by atoms with Crippen molar-refractivity contribution in [1.82, 2.24) is 14.9 Å². The Kier molecular flexibility index (Phi) is 3.34. The van der Waals surface area contributed by atoms with Crippen LogP contribution in [0.1, 0.15) is 31.4 Å². The fraction of sp³-hybridized carbons (Fsp3) is 0.545. The lowest BCUT2D eigenvalue weighted by molar-refractivity contribution is -0.147. The Morgan fingerprint density at radius 3 is 2.69 bits per heavy atom. The molecule has 2 rings (SSSR count). The molecule has 0 saturated carbocycles. The predicted octanol–water partition coefficient (Wildman–Crippen LogP) is 0.881. The molecule has 0 unspecified atom stereocenters. The van der Waals surface area contributed by atoms with Crippen molar-refractivity contribution in [1.29, 1.82) is 0 Å². The summed E-state index contributed by atoms with van der Waals surface area (Å²) in [4.78, 5) is 31.3. The van der Waals surface area contributed by atoms with E-state index in [4.69, 9.17) is 0 Å². The Hall–Kier alpha value is -1.65. The summed E-state index contributed by atoms with van der Waals surface area (Å²) in [5.41, 5.74) is 1.04. The second-order valence-corrected chi connectivity index (χ2v) is 3.97. The molecular formula is C11H15N3O2. The number of carbonyl (C=O) groups is 2. The maximum Gasteiger partial charge on any atom is 0.229 e. The highest BCUT2D eigenvalue weighted by molar-refractivity contribution is 5.97. The number of piperidine rings is 1. The maximum atomic E-state index is 11.5. The zero-order valence-electron chi connectivity index (χ0n) is 9.11. The van der Waals surface area contributed by atoms with Crippen LogP contribution in [-0.4, -0.2) is 33.2 Å². The van der Waals surface area contributed by atoms with Crippen LogP contribution in [0.4, 0.5) is 0 Å². The van der Waals surface area contributed by atoms with Crippen molar-refractivity contribution in [3.63, 3.8) is 0 Å². The third kappa shape index (κ3) is 2.48. The lowest BCUT2D eigenvalue weighted by atomic mass is 10.1. The number of amides is 2. The third-order valence-electron chi connectivity index (χ3n) is 2.77. The molecule has 86 valence electrons. The van der Waals surface area contributed by atoms with Crippen molar-refractivity contribution < 1.29 is 9.59 Å². The van der Waals surface area contributed by atoms with Gasteiger partial charge in [-0.25, -0.2) is 4.98 Å². The topological polar surface area (TPSA) is 66.1 Å². The first-order valence-corrected chi connectivity index (χ1v) is 5.58. The van der Waals surface area contributed by atoms with Crippen LogP contribution in [-0.2, 0) is 16.0 Å². The average Bonchev–Trinajstić information content (AvgIpc) is 2.75. The highest BCUT2D eigenvalue weighted by atomic mass is 16.2. The molecular weight excluding hydrogens is 206 g/mol. The molecule has 1 aliphatic rings. The summed E-state index contributed by atoms with van der Waals surface area (Å²) in [6.07, 6.45) is 6.73. The Bertz CT molecular complexity index is 357. The highest BCUT2D eigenvalue weighted by Gasteiger charge is 2.24. The molecule has 0 aliphatic carbocycles. The van der Waals surface area contributed by atoms with Gasteiger partial charge in [-0.15, -0.1) is 0 Å². The second-order valence-electron chi connectivity index (χ2n) is 3.97. The molecule has 2 heterocycles. The zero-order chi connectivity index (χ0) is 11.4. The molecule has 0 atom stereocenters. The summed E-state index contributed by atoms with van der Waals surface area (Å²) in [5.74, 6) is -0.0540. The first-order chi connectivity index (χ1) is 7.77. The number of H-pyrrole nitrogens is 1. The van der Waals surface area contributed by atoms with Crippen LogP contribution >= 0.6 is 0 Å². The Labute approximate surface area is 93.9 Å². The lowest BCUT2D eigenvalue weighted by Crippen LogP contribution is -2.40. The Morgan fingerprint density at radius 2 is 2.06 bits per heavy atom. The Balaban J connectivity index is 1.80. The molecule has 1 fully saturated rings. The van der Waals surface area contributed by atoms with Gasteiger partial charge < -0.3 is 4.98 Å². The molecule has 1 saturated heterocycles. The van der Waals surface area contributed by atoms with Gasteiger partial charge >= 0.3 is 0 Å². The number of imide groups is 1. The number of aromatic amines is 1. The van der Waals surface area contributed by atoms with Crippen molar-refractivity contribution in [2.24, 2.45) is 0 Å². The largest absolute Gasteiger partial charge is 0.348 e. The van der Waals surface area contributed by atoms with Crippen LogP contribution in [0, 0.1) is 0 Å². The number of hydrogen-bond donors (Lipinski definition) is 1. The summed E-state index contributed by atoms with van der Waals surface area (Å²) in [6.45, 7) is 0.524. The highest BCUT2D eigenvalue weighted by Crippen LogP contribution is 2.12. The van der Waals surface area contributed by atoms with Crippen LogP contribution in [0.25, 0.3) is 0 Å². The maximum absolute atomic E-state index is 11.5. The summed E-state index contributed by atoms with van der Waals surface area (Å²) < 4.78 is 0. The number of nitrogens with one attached hydrogen (secondary N) is 1. The van der Waals surface area contributed by atoms with Gasteiger partial charge in [-0.1, -0.05) is 0 Å². The SMILES string of the molecule is O=C1CCCC(=O)N1CCCc1cnc[nH]1. The molecule has 1 N–H and O–H groups in total. The minimum absolute atomic E-state index is 0.0270. The summed E-state index contributed by atoms with van der Waals surface area (Å²) in [5, 5.41) is 0. The van der Waals surface area contributed by atoms with E-state index in [1.807, 2.05) is 0 Å². The van der Waals surface area contributed by atoms with Crippen molar-refractivity contribution in [3.05, 3.63) is 18.2 Å². The standard InChI is InChI=1S/C11H15N3O2/c15-10-4-1-5-11(16)14(10)6-2-3-9-7-12-8-13-9/h7-8H,1-6H2,(H,12,13). The van der Waals surface area contributed by atoms with Gasteiger partial charge in [-0.05, 0) is 19.3 Å². The molecule has 1 aromatic rings. The van der Waals surface area contributed by atoms with Gasteiger partial charge in [0.25, 0.3) is 0 Å². The van der Waals surface area contributed by atoms with Gasteiger partial charge in [-0.3, -0.25) is 14.5 Å². The number of rotatable bonds is 4. The number of nitrogens with zero attached hydrogens (tertiary/aromatic N) is 2. The predicted molar refractivity (Wildman–Crippen MR) is 57.5 cm³/mol. The van der Waals surface area contributed by atoms with Crippen molar-refractivity contribution >= 4 is 11.8 Å². The van der Waals surface area contributed by atoms with E-state index in [9.17, 15) is 9.59 Å². The molecule has 2 amide bonds. The number of imidazole rings is 1. The van der Waals surface area contributed by atoms with E-state index in [2.05, 4.69) is 9.97 Å². The normalized spacial score (nSPS) is 16.9. The van der Waals surface area contributed by atoms with Crippen molar-refractivity contribution in [3.8, 4) is 0 Å². The number of aromatic nitrogens is 2. The fourth-order valence-electron chi connectivity index (χ4n) is 1.90. The van der Waals surface area contributed by atoms with Crippen LogP contribution in [0.15, 0.2) is 12.5 Å². The van der Waals surface area contributed by atoms with E-state index in [0.29, 0.717) is 25.8 Å². The molecule has 0 aromatic carbocycles. The van der Waals surface area contributed by atoms with E-state index in [-0.39, 0.29) is 11.8 Å². The number of aryl methyl sites for hydroxylation is 1. The van der Waals surface area contributed by atoms with Gasteiger partial charge in [0, 0.05) is 31.3 Å². The van der Waals surface area contributed by atoms with Gasteiger partial charge in [0.1, 0.15) is 0 Å². The van der Waals surface area contributed by atoms with Crippen molar-refractivity contribution in [2.45, 2.75) is 32.1 Å². The molecule has 1 aromatic heterocycles. The third-order valence-corrected chi connectivity index (χ3v) is 2.77. The first kappa shape index (κ1) is 10.9. The van der Waals surface area contributed by atoms with E-state index in [1.165, 1.54) is 4.90 Å². The lowest BCUT2D eigenvalue weighted by Gasteiger charge is -2.24. The van der Waals surface area contributed by atoms with E-state index >= 15 is 0 Å². The molecule has 5 nitrogen and oxygen atoms in total. The molecule has 0 spiro atoms. The minimum atomic E-state index is -0.0270. The van der Waals surface area contributed by atoms with Crippen molar-refractivity contribution in [2.75, 3.05) is 6.54 Å². The smallest absolute Gasteiger partial charge is 0.229 e. The van der Waals surface area contributed by atoms with Gasteiger partial charge in [0.15, 0.2) is 0 Å². The number of carbonyl (C=O) groups excluding carboxylic acids is 2. The molecule has 1 aliphatic heterocycles. The van der Waals surface area contributed by atoms with Crippen LogP contribution < -0.4 is 0 Å². The minimum Gasteiger partial charge on any atom is -0.348 e.